The van der Waals surface area contributed by atoms with E-state index in [1.165, 1.54) is 16.8 Å². The molecule has 5 heteroatoms. The smallest absolute Gasteiger partial charge is 0.266 e. The predicted octanol–water partition coefficient (Wildman–Crippen LogP) is 0.579. The number of anilines is 1. The third kappa shape index (κ3) is 3.10. The van der Waals surface area contributed by atoms with Crippen molar-refractivity contribution in [2.75, 3.05) is 17.2 Å². The molecule has 0 saturated heterocycles. The van der Waals surface area contributed by atoms with E-state index in [-0.39, 0.29) is 5.56 Å². The molecule has 0 amide bonds. The minimum Gasteiger partial charge on any atom is -0.382 e. The first kappa shape index (κ1) is 10.1. The zero-order valence-electron chi connectivity index (χ0n) is 7.56. The van der Waals surface area contributed by atoms with Crippen LogP contribution >= 0.6 is 11.8 Å². The topological polar surface area (TPSA) is 60.9 Å². The zero-order chi connectivity index (χ0) is 9.68. The third-order valence-electron chi connectivity index (χ3n) is 1.54. The Labute approximate surface area is 81.1 Å². The number of thioether (sulfide) groups is 1. The molecule has 0 spiro atoms. The lowest BCUT2D eigenvalue weighted by atomic mass is 10.5. The van der Waals surface area contributed by atoms with E-state index in [0.717, 1.165) is 11.5 Å². The summed E-state index contributed by atoms with van der Waals surface area (Å²) in [6.07, 6.45) is 0. The first-order valence-electron chi connectivity index (χ1n) is 4.15. The summed E-state index contributed by atoms with van der Waals surface area (Å²) in [5.74, 6) is 2.34. The molecule has 1 heterocycles. The lowest BCUT2D eigenvalue weighted by Crippen LogP contribution is -2.23. The Morgan fingerprint density at radius 1 is 1.62 bits per heavy atom. The largest absolute Gasteiger partial charge is 0.382 e. The Hall–Kier alpha value is -0.970. The summed E-state index contributed by atoms with van der Waals surface area (Å²) >= 11 is 1.78. The van der Waals surface area contributed by atoms with Crippen LogP contribution in [0, 0.1) is 0 Å². The molecule has 2 N–H and O–H groups in total. The van der Waals surface area contributed by atoms with Gasteiger partial charge in [-0.1, -0.05) is 6.92 Å². The van der Waals surface area contributed by atoms with Gasteiger partial charge in [0.15, 0.2) is 0 Å². The van der Waals surface area contributed by atoms with Gasteiger partial charge in [0.05, 0.1) is 6.54 Å². The van der Waals surface area contributed by atoms with Gasteiger partial charge in [0, 0.05) is 11.8 Å². The SMILES string of the molecule is CCSCCn1nc(N)ccc1=O. The lowest BCUT2D eigenvalue weighted by Gasteiger charge is -2.03. The maximum atomic E-state index is 11.2. The molecule has 0 radical (unpaired) electrons. The molecule has 0 saturated carbocycles. The van der Waals surface area contributed by atoms with Crippen molar-refractivity contribution >= 4 is 17.6 Å². The molecule has 1 aromatic heterocycles. The van der Waals surface area contributed by atoms with Gasteiger partial charge in [-0.25, -0.2) is 4.68 Å². The lowest BCUT2D eigenvalue weighted by molar-refractivity contribution is 0.626. The average Bonchev–Trinajstić information content (AvgIpc) is 2.11. The summed E-state index contributed by atoms with van der Waals surface area (Å²) in [7, 11) is 0. The number of rotatable bonds is 4. The number of aryl methyl sites for hydroxylation is 1. The summed E-state index contributed by atoms with van der Waals surface area (Å²) in [4.78, 5) is 11.2. The van der Waals surface area contributed by atoms with Crippen molar-refractivity contribution in [3.8, 4) is 0 Å². The van der Waals surface area contributed by atoms with Gasteiger partial charge in [0.1, 0.15) is 5.82 Å². The van der Waals surface area contributed by atoms with Crippen molar-refractivity contribution in [3.05, 3.63) is 22.5 Å². The molecular weight excluding hydrogens is 186 g/mol. The van der Waals surface area contributed by atoms with E-state index in [1.54, 1.807) is 11.8 Å². The maximum Gasteiger partial charge on any atom is 0.266 e. The van der Waals surface area contributed by atoms with Gasteiger partial charge in [0.25, 0.3) is 5.56 Å². The third-order valence-corrected chi connectivity index (χ3v) is 2.42. The molecule has 4 nitrogen and oxygen atoms in total. The molecule has 0 atom stereocenters. The van der Waals surface area contributed by atoms with E-state index < -0.39 is 0 Å². The van der Waals surface area contributed by atoms with Gasteiger partial charge in [-0.2, -0.15) is 16.9 Å². The van der Waals surface area contributed by atoms with E-state index in [2.05, 4.69) is 12.0 Å². The highest BCUT2D eigenvalue weighted by atomic mass is 32.2. The van der Waals surface area contributed by atoms with E-state index in [1.807, 2.05) is 0 Å². The summed E-state index contributed by atoms with van der Waals surface area (Å²) in [5.41, 5.74) is 5.36. The van der Waals surface area contributed by atoms with Crippen molar-refractivity contribution in [2.24, 2.45) is 0 Å². The second kappa shape index (κ2) is 4.91. The van der Waals surface area contributed by atoms with Crippen LogP contribution in [0.25, 0.3) is 0 Å². The van der Waals surface area contributed by atoms with Crippen LogP contribution in [0.5, 0.6) is 0 Å². The summed E-state index contributed by atoms with van der Waals surface area (Å²) in [5, 5.41) is 3.91. The van der Waals surface area contributed by atoms with Crippen molar-refractivity contribution in [3.63, 3.8) is 0 Å². The van der Waals surface area contributed by atoms with Crippen LogP contribution < -0.4 is 11.3 Å². The molecule has 0 aliphatic heterocycles. The van der Waals surface area contributed by atoms with E-state index in [9.17, 15) is 4.79 Å². The quantitative estimate of drug-likeness (QED) is 0.720. The summed E-state index contributed by atoms with van der Waals surface area (Å²) < 4.78 is 1.40. The van der Waals surface area contributed by atoms with Crippen LogP contribution in [0.2, 0.25) is 0 Å². The van der Waals surface area contributed by atoms with Gasteiger partial charge in [-0.05, 0) is 11.8 Å². The van der Waals surface area contributed by atoms with Gasteiger partial charge >= 0.3 is 0 Å². The summed E-state index contributed by atoms with van der Waals surface area (Å²) in [6.45, 7) is 2.71. The molecule has 1 rings (SSSR count). The fraction of sp³-hybridized carbons (Fsp3) is 0.500. The molecule has 0 aliphatic rings. The van der Waals surface area contributed by atoms with Crippen LogP contribution in [0.1, 0.15) is 6.92 Å². The van der Waals surface area contributed by atoms with Crippen LogP contribution in [-0.4, -0.2) is 21.3 Å². The van der Waals surface area contributed by atoms with Crippen LogP contribution in [0.4, 0.5) is 5.82 Å². The molecule has 0 unspecified atom stereocenters. The molecule has 0 fully saturated rings. The van der Waals surface area contributed by atoms with Crippen molar-refractivity contribution < 1.29 is 0 Å². The number of nitrogens with two attached hydrogens (primary N) is 1. The Balaban J connectivity index is 2.65. The van der Waals surface area contributed by atoms with E-state index in [4.69, 9.17) is 5.73 Å². The van der Waals surface area contributed by atoms with Gasteiger partial charge in [-0.3, -0.25) is 4.79 Å². The Kier molecular flexibility index (Phi) is 3.82. The van der Waals surface area contributed by atoms with Crippen LogP contribution in [0.3, 0.4) is 0 Å². The van der Waals surface area contributed by atoms with Crippen LogP contribution in [0.15, 0.2) is 16.9 Å². The van der Waals surface area contributed by atoms with Crippen molar-refractivity contribution in [1.29, 1.82) is 0 Å². The second-order valence-electron chi connectivity index (χ2n) is 2.52. The molecule has 13 heavy (non-hydrogen) atoms. The molecule has 0 aliphatic carbocycles. The van der Waals surface area contributed by atoms with Crippen LogP contribution in [-0.2, 0) is 6.54 Å². The number of nitrogens with zero attached hydrogens (tertiary/aromatic N) is 2. The number of hydrogen-bond donors (Lipinski definition) is 1. The highest BCUT2D eigenvalue weighted by Gasteiger charge is 1.96. The molecule has 0 bridgehead atoms. The summed E-state index contributed by atoms with van der Waals surface area (Å²) in [6, 6.07) is 2.96. The average molecular weight is 199 g/mol. The Morgan fingerprint density at radius 3 is 3.08 bits per heavy atom. The van der Waals surface area contributed by atoms with Gasteiger partial charge in [-0.15, -0.1) is 0 Å². The predicted molar refractivity (Wildman–Crippen MR) is 55.9 cm³/mol. The molecule has 72 valence electrons. The number of aromatic nitrogens is 2. The van der Waals surface area contributed by atoms with Gasteiger partial charge in [0.2, 0.25) is 0 Å². The molecule has 1 aromatic rings. The van der Waals surface area contributed by atoms with E-state index >= 15 is 0 Å². The first-order valence-corrected chi connectivity index (χ1v) is 5.31. The maximum absolute atomic E-state index is 11.2. The number of nitrogen functional groups attached to an aromatic ring is 1. The zero-order valence-corrected chi connectivity index (χ0v) is 8.38. The first-order chi connectivity index (χ1) is 6.24. The van der Waals surface area contributed by atoms with E-state index in [0.29, 0.717) is 12.4 Å². The monoisotopic (exact) mass is 199 g/mol. The number of hydrogen-bond acceptors (Lipinski definition) is 4. The fourth-order valence-corrected chi connectivity index (χ4v) is 1.51. The molecular formula is C8H13N3OS. The normalized spacial score (nSPS) is 10.2. The van der Waals surface area contributed by atoms with Gasteiger partial charge < -0.3 is 5.73 Å². The second-order valence-corrected chi connectivity index (χ2v) is 3.91. The molecule has 0 aromatic carbocycles. The minimum atomic E-state index is -0.0918. The van der Waals surface area contributed by atoms with Crippen molar-refractivity contribution in [1.82, 2.24) is 9.78 Å². The van der Waals surface area contributed by atoms with Crippen molar-refractivity contribution in [2.45, 2.75) is 13.5 Å². The minimum absolute atomic E-state index is 0.0918. The highest BCUT2D eigenvalue weighted by Crippen LogP contribution is 1.98. The Morgan fingerprint density at radius 2 is 2.38 bits per heavy atom. The Bertz CT molecular complexity index is 323. The highest BCUT2D eigenvalue weighted by molar-refractivity contribution is 7.99. The standard InChI is InChI=1S/C8H13N3OS/c1-2-13-6-5-11-8(12)4-3-7(9)10-11/h3-4H,2,5-6H2,1H3,(H2,9,10). The fourth-order valence-electron chi connectivity index (χ4n) is 0.920.